The number of likely N-dealkylation sites (tertiary alicyclic amines) is 1. The van der Waals surface area contributed by atoms with Crippen LogP contribution in [0.3, 0.4) is 0 Å². The Morgan fingerprint density at radius 2 is 1.85 bits per heavy atom. The molecule has 2 aliphatic heterocycles. The van der Waals surface area contributed by atoms with Gasteiger partial charge >= 0.3 is 0 Å². The number of nitrogens with one attached hydrogen (secondary N) is 1. The number of hydrogen-bond donors (Lipinski definition) is 1. The van der Waals surface area contributed by atoms with Crippen LogP contribution in [0.25, 0.3) is 0 Å². The molecular formula is C22H27FN2O2. The van der Waals surface area contributed by atoms with Crippen LogP contribution in [0, 0.1) is 5.82 Å². The number of rotatable bonds is 5. The smallest absolute Gasteiger partial charge is 0.161 e. The highest BCUT2D eigenvalue weighted by molar-refractivity contribution is 5.43. The zero-order chi connectivity index (χ0) is 18.8. The van der Waals surface area contributed by atoms with Crippen molar-refractivity contribution in [2.75, 3.05) is 27.3 Å². The number of ether oxygens (including phenoxy) is 2. The van der Waals surface area contributed by atoms with Gasteiger partial charge in [0.05, 0.1) is 14.2 Å². The van der Waals surface area contributed by atoms with Crippen molar-refractivity contribution in [2.24, 2.45) is 0 Å². The zero-order valence-corrected chi connectivity index (χ0v) is 16.0. The molecule has 2 saturated heterocycles. The monoisotopic (exact) mass is 370 g/mol. The van der Waals surface area contributed by atoms with E-state index in [2.05, 4.69) is 22.3 Å². The molecule has 2 fully saturated rings. The lowest BCUT2D eigenvalue weighted by atomic mass is 9.86. The van der Waals surface area contributed by atoms with Gasteiger partial charge in [0.2, 0.25) is 0 Å². The van der Waals surface area contributed by atoms with E-state index in [0.29, 0.717) is 18.0 Å². The van der Waals surface area contributed by atoms with Crippen molar-refractivity contribution in [3.05, 3.63) is 59.4 Å². The molecule has 2 aromatic carbocycles. The Morgan fingerprint density at radius 1 is 1.07 bits per heavy atom. The molecule has 2 aliphatic rings. The number of methoxy groups -OCH3 is 2. The number of hydrogen-bond acceptors (Lipinski definition) is 4. The molecule has 27 heavy (non-hydrogen) atoms. The Hall–Kier alpha value is -2.11. The van der Waals surface area contributed by atoms with Crippen molar-refractivity contribution in [1.82, 2.24) is 10.2 Å². The van der Waals surface area contributed by atoms with Gasteiger partial charge in [-0.25, -0.2) is 4.39 Å². The van der Waals surface area contributed by atoms with Crippen LogP contribution in [0.1, 0.15) is 29.9 Å². The predicted octanol–water partition coefficient (Wildman–Crippen LogP) is 3.56. The van der Waals surface area contributed by atoms with E-state index in [1.54, 1.807) is 26.4 Å². The van der Waals surface area contributed by atoms with Gasteiger partial charge in [-0.15, -0.1) is 0 Å². The van der Waals surface area contributed by atoms with Crippen LogP contribution >= 0.6 is 0 Å². The summed E-state index contributed by atoms with van der Waals surface area (Å²) in [6, 6.07) is 14.1. The quantitative estimate of drug-likeness (QED) is 0.873. The van der Waals surface area contributed by atoms with E-state index in [4.69, 9.17) is 9.47 Å². The molecule has 0 aromatic heterocycles. The fraction of sp³-hybridized carbons (Fsp3) is 0.455. The summed E-state index contributed by atoms with van der Waals surface area (Å²) in [6.45, 7) is 2.90. The molecule has 0 radical (unpaired) electrons. The first-order chi connectivity index (χ1) is 13.2. The average Bonchev–Trinajstić information content (AvgIpc) is 3.13. The van der Waals surface area contributed by atoms with Crippen LogP contribution < -0.4 is 14.8 Å². The van der Waals surface area contributed by atoms with E-state index in [0.717, 1.165) is 31.1 Å². The summed E-state index contributed by atoms with van der Waals surface area (Å²) in [5.74, 6) is 1.73. The molecule has 0 bridgehead atoms. The van der Waals surface area contributed by atoms with E-state index < -0.39 is 0 Å². The second-order valence-corrected chi connectivity index (χ2v) is 7.47. The maximum atomic E-state index is 13.4. The van der Waals surface area contributed by atoms with Crippen molar-refractivity contribution in [3.63, 3.8) is 0 Å². The maximum Gasteiger partial charge on any atom is 0.161 e. The largest absolute Gasteiger partial charge is 0.493 e. The molecule has 3 atom stereocenters. The molecule has 4 rings (SSSR count). The fourth-order valence-corrected chi connectivity index (χ4v) is 4.67. The van der Waals surface area contributed by atoms with Crippen LogP contribution in [0.4, 0.5) is 4.39 Å². The molecule has 2 aromatic rings. The van der Waals surface area contributed by atoms with Gasteiger partial charge in [0.15, 0.2) is 11.5 Å². The Morgan fingerprint density at radius 3 is 2.59 bits per heavy atom. The van der Waals surface area contributed by atoms with E-state index in [-0.39, 0.29) is 5.82 Å². The third-order valence-electron chi connectivity index (χ3n) is 5.94. The van der Waals surface area contributed by atoms with Crippen molar-refractivity contribution in [3.8, 4) is 11.5 Å². The first kappa shape index (κ1) is 18.3. The second-order valence-electron chi connectivity index (χ2n) is 7.47. The number of benzene rings is 2. The highest BCUT2D eigenvalue weighted by Crippen LogP contribution is 2.36. The summed E-state index contributed by atoms with van der Waals surface area (Å²) in [7, 11) is 3.33. The topological polar surface area (TPSA) is 33.7 Å². The lowest BCUT2D eigenvalue weighted by Gasteiger charge is -2.40. The number of fused-ring (bicyclic) bond motifs is 1. The van der Waals surface area contributed by atoms with Crippen molar-refractivity contribution in [2.45, 2.75) is 37.4 Å². The third-order valence-corrected chi connectivity index (χ3v) is 5.94. The van der Waals surface area contributed by atoms with Crippen LogP contribution in [0.15, 0.2) is 42.5 Å². The minimum Gasteiger partial charge on any atom is -0.493 e. The summed E-state index contributed by atoms with van der Waals surface area (Å²) in [5, 5.41) is 3.70. The van der Waals surface area contributed by atoms with E-state index in [1.165, 1.54) is 24.0 Å². The molecule has 144 valence electrons. The van der Waals surface area contributed by atoms with Gasteiger partial charge in [0.25, 0.3) is 0 Å². The minimum absolute atomic E-state index is 0.174. The van der Waals surface area contributed by atoms with E-state index in [9.17, 15) is 4.39 Å². The van der Waals surface area contributed by atoms with Gasteiger partial charge in [0.1, 0.15) is 5.82 Å². The van der Waals surface area contributed by atoms with Crippen molar-refractivity contribution in [1.29, 1.82) is 0 Å². The number of nitrogens with zero attached hydrogens (tertiary/aromatic N) is 1. The highest BCUT2D eigenvalue weighted by Gasteiger charge is 2.42. The summed E-state index contributed by atoms with van der Waals surface area (Å²) < 4.78 is 24.2. The van der Waals surface area contributed by atoms with E-state index >= 15 is 0 Å². The van der Waals surface area contributed by atoms with Crippen LogP contribution in [-0.2, 0) is 6.54 Å². The standard InChI is InChI=1S/C22H27FN2O2/c1-26-20-10-5-15(12-21(20)27-2)14-25-11-3-4-19-22(25)18(13-24-19)16-6-8-17(23)9-7-16/h5-10,12,18-19,22,24H,3-4,11,13-14H2,1-2H3/t18-,19-,22-/m1/s1. The fourth-order valence-electron chi connectivity index (χ4n) is 4.67. The summed E-state index contributed by atoms with van der Waals surface area (Å²) in [5.41, 5.74) is 2.44. The SMILES string of the molecule is COc1ccc(CN2CCC[C@H]3NC[C@H](c4ccc(F)cc4)[C@H]32)cc1OC. The Labute approximate surface area is 160 Å². The Bertz CT molecular complexity index is 780. The highest BCUT2D eigenvalue weighted by atomic mass is 19.1. The molecule has 1 N–H and O–H groups in total. The molecule has 0 amide bonds. The van der Waals surface area contributed by atoms with Gasteiger partial charge in [-0.3, -0.25) is 4.90 Å². The molecule has 0 unspecified atom stereocenters. The average molecular weight is 370 g/mol. The van der Waals surface area contributed by atoms with Gasteiger partial charge in [-0.2, -0.15) is 0 Å². The zero-order valence-electron chi connectivity index (χ0n) is 16.0. The van der Waals surface area contributed by atoms with Gasteiger partial charge < -0.3 is 14.8 Å². The molecule has 4 nitrogen and oxygen atoms in total. The number of piperidine rings is 1. The molecule has 5 heteroatoms. The first-order valence-corrected chi connectivity index (χ1v) is 9.63. The molecule has 0 saturated carbocycles. The van der Waals surface area contributed by atoms with Gasteiger partial charge in [-0.1, -0.05) is 18.2 Å². The molecular weight excluding hydrogens is 343 g/mol. The van der Waals surface area contributed by atoms with Crippen LogP contribution in [0.2, 0.25) is 0 Å². The van der Waals surface area contributed by atoms with Crippen LogP contribution in [-0.4, -0.2) is 44.3 Å². The first-order valence-electron chi connectivity index (χ1n) is 9.63. The van der Waals surface area contributed by atoms with Crippen molar-refractivity contribution < 1.29 is 13.9 Å². The van der Waals surface area contributed by atoms with E-state index in [1.807, 2.05) is 18.2 Å². The summed E-state index contributed by atoms with van der Waals surface area (Å²) >= 11 is 0. The molecule has 0 aliphatic carbocycles. The summed E-state index contributed by atoms with van der Waals surface area (Å²) in [6.07, 6.45) is 2.39. The Balaban J connectivity index is 1.57. The number of halogens is 1. The van der Waals surface area contributed by atoms with Gasteiger partial charge in [0, 0.05) is 31.1 Å². The lowest BCUT2D eigenvalue weighted by molar-refractivity contribution is 0.120. The predicted molar refractivity (Wildman–Crippen MR) is 104 cm³/mol. The van der Waals surface area contributed by atoms with Gasteiger partial charge in [-0.05, 0) is 54.8 Å². The Kier molecular flexibility index (Phi) is 5.32. The maximum absolute atomic E-state index is 13.4. The minimum atomic E-state index is -0.174. The van der Waals surface area contributed by atoms with Crippen LogP contribution in [0.5, 0.6) is 11.5 Å². The normalized spacial score (nSPS) is 25.2. The molecule has 0 spiro atoms. The molecule has 2 heterocycles. The van der Waals surface area contributed by atoms with Crippen molar-refractivity contribution >= 4 is 0 Å². The third kappa shape index (κ3) is 3.66. The lowest BCUT2D eigenvalue weighted by Crippen LogP contribution is -2.49. The second kappa shape index (κ2) is 7.87. The summed E-state index contributed by atoms with van der Waals surface area (Å²) in [4.78, 5) is 2.57.